The molecule has 3 N–H and O–H groups in total. The third-order valence-electron chi connectivity index (χ3n) is 4.83. The standard InChI is InChI=1S/C19H29N3O3/c1-22(17-6-3-2-4-7-17)13-5-12-20-19(25)21-14-15-8-10-16(11-9-15)18(23)24/h8-11,17H,2-7,12-14H2,1H3,(H,23,24)(H2,20,21,25). The van der Waals surface area contributed by atoms with Crippen LogP contribution in [0, 0.1) is 0 Å². The van der Waals surface area contributed by atoms with E-state index in [1.165, 1.54) is 32.1 Å². The molecule has 0 radical (unpaired) electrons. The molecule has 1 fully saturated rings. The Labute approximate surface area is 149 Å². The van der Waals surface area contributed by atoms with E-state index in [-0.39, 0.29) is 11.6 Å². The Morgan fingerprint density at radius 1 is 1.12 bits per heavy atom. The van der Waals surface area contributed by atoms with Crippen LogP contribution < -0.4 is 10.6 Å². The summed E-state index contributed by atoms with van der Waals surface area (Å²) < 4.78 is 0. The molecule has 0 bridgehead atoms. The minimum atomic E-state index is -0.949. The Morgan fingerprint density at radius 2 is 1.80 bits per heavy atom. The lowest BCUT2D eigenvalue weighted by molar-refractivity contribution is 0.0697. The van der Waals surface area contributed by atoms with Crippen molar-refractivity contribution in [3.8, 4) is 0 Å². The number of carbonyl (C=O) groups is 2. The molecule has 0 aliphatic heterocycles. The molecule has 1 aliphatic rings. The summed E-state index contributed by atoms with van der Waals surface area (Å²) in [7, 11) is 2.18. The second-order valence-electron chi connectivity index (χ2n) is 6.74. The molecule has 25 heavy (non-hydrogen) atoms. The van der Waals surface area contributed by atoms with Crippen LogP contribution in [0.2, 0.25) is 0 Å². The van der Waals surface area contributed by atoms with Gasteiger partial charge in [-0.15, -0.1) is 0 Å². The molecule has 1 aromatic carbocycles. The third kappa shape index (κ3) is 6.74. The molecule has 2 amide bonds. The van der Waals surface area contributed by atoms with Crippen LogP contribution in [-0.2, 0) is 6.54 Å². The van der Waals surface area contributed by atoms with Crippen LogP contribution in [0.4, 0.5) is 4.79 Å². The molecule has 6 heteroatoms. The summed E-state index contributed by atoms with van der Waals surface area (Å²) in [6, 6.07) is 7.02. The number of hydrogen-bond donors (Lipinski definition) is 3. The van der Waals surface area contributed by atoms with Crippen LogP contribution in [0.1, 0.15) is 54.4 Å². The van der Waals surface area contributed by atoms with Gasteiger partial charge >= 0.3 is 12.0 Å². The summed E-state index contributed by atoms with van der Waals surface area (Å²) >= 11 is 0. The summed E-state index contributed by atoms with van der Waals surface area (Å²) in [6.07, 6.45) is 7.57. The SMILES string of the molecule is CN(CCCNC(=O)NCc1ccc(C(=O)O)cc1)C1CCCCC1. The molecule has 0 heterocycles. The van der Waals surface area contributed by atoms with Gasteiger partial charge in [0.2, 0.25) is 0 Å². The number of amides is 2. The molecule has 1 saturated carbocycles. The first-order valence-corrected chi connectivity index (χ1v) is 9.10. The maximum absolute atomic E-state index is 11.8. The van der Waals surface area contributed by atoms with E-state index in [2.05, 4.69) is 22.6 Å². The zero-order chi connectivity index (χ0) is 18.1. The highest BCUT2D eigenvalue weighted by Gasteiger charge is 2.17. The summed E-state index contributed by atoms with van der Waals surface area (Å²) in [4.78, 5) is 25.0. The fraction of sp³-hybridized carbons (Fsp3) is 0.579. The largest absolute Gasteiger partial charge is 0.478 e. The van der Waals surface area contributed by atoms with Crippen molar-refractivity contribution in [2.75, 3.05) is 20.1 Å². The van der Waals surface area contributed by atoms with Crippen LogP contribution in [0.15, 0.2) is 24.3 Å². The van der Waals surface area contributed by atoms with Crippen molar-refractivity contribution in [1.82, 2.24) is 15.5 Å². The summed E-state index contributed by atoms with van der Waals surface area (Å²) in [5.41, 5.74) is 1.12. The lowest BCUT2D eigenvalue weighted by Gasteiger charge is -2.31. The smallest absolute Gasteiger partial charge is 0.335 e. The molecule has 0 spiro atoms. The van der Waals surface area contributed by atoms with Gasteiger partial charge in [0.1, 0.15) is 0 Å². The average molecular weight is 347 g/mol. The van der Waals surface area contributed by atoms with E-state index in [4.69, 9.17) is 5.11 Å². The Bertz CT molecular complexity index is 554. The van der Waals surface area contributed by atoms with Crippen molar-refractivity contribution in [3.63, 3.8) is 0 Å². The van der Waals surface area contributed by atoms with E-state index < -0.39 is 5.97 Å². The van der Waals surface area contributed by atoms with Crippen molar-refractivity contribution >= 4 is 12.0 Å². The third-order valence-corrected chi connectivity index (χ3v) is 4.83. The Morgan fingerprint density at radius 3 is 2.44 bits per heavy atom. The second kappa shape index (κ2) is 10.0. The lowest BCUT2D eigenvalue weighted by atomic mass is 9.94. The molecule has 1 aliphatic carbocycles. The minimum Gasteiger partial charge on any atom is -0.478 e. The van der Waals surface area contributed by atoms with E-state index in [1.807, 2.05) is 0 Å². The molecule has 0 saturated heterocycles. The maximum atomic E-state index is 11.8. The van der Waals surface area contributed by atoms with Gasteiger partial charge < -0.3 is 20.6 Å². The molecule has 1 aromatic rings. The quantitative estimate of drug-likeness (QED) is 0.632. The number of carbonyl (C=O) groups excluding carboxylic acids is 1. The number of carboxylic acids is 1. The first kappa shape index (κ1) is 19.2. The maximum Gasteiger partial charge on any atom is 0.335 e. The highest BCUT2D eigenvalue weighted by molar-refractivity contribution is 5.87. The van der Waals surface area contributed by atoms with Crippen LogP contribution >= 0.6 is 0 Å². The van der Waals surface area contributed by atoms with Gasteiger partial charge in [0.15, 0.2) is 0 Å². The molecule has 0 unspecified atom stereocenters. The van der Waals surface area contributed by atoms with Crippen LogP contribution in [0.3, 0.4) is 0 Å². The number of carboxylic acid groups (broad SMARTS) is 1. The first-order chi connectivity index (χ1) is 12.1. The van der Waals surface area contributed by atoms with Crippen molar-refractivity contribution in [2.45, 2.75) is 51.1 Å². The predicted octanol–water partition coefficient (Wildman–Crippen LogP) is 2.84. The first-order valence-electron chi connectivity index (χ1n) is 9.10. The van der Waals surface area contributed by atoms with Gasteiger partial charge in [0.05, 0.1) is 5.56 Å². The molecular weight excluding hydrogens is 318 g/mol. The molecule has 6 nitrogen and oxygen atoms in total. The number of urea groups is 1. The number of nitrogens with zero attached hydrogens (tertiary/aromatic N) is 1. The van der Waals surface area contributed by atoms with Gasteiger partial charge in [0, 0.05) is 19.1 Å². The van der Waals surface area contributed by atoms with E-state index in [9.17, 15) is 9.59 Å². The van der Waals surface area contributed by atoms with E-state index in [0.29, 0.717) is 19.1 Å². The van der Waals surface area contributed by atoms with Gasteiger partial charge in [-0.1, -0.05) is 31.4 Å². The van der Waals surface area contributed by atoms with E-state index in [1.54, 1.807) is 24.3 Å². The molecular formula is C19H29N3O3. The van der Waals surface area contributed by atoms with Gasteiger partial charge in [-0.3, -0.25) is 0 Å². The molecule has 2 rings (SSSR count). The zero-order valence-electron chi connectivity index (χ0n) is 15.0. The monoisotopic (exact) mass is 347 g/mol. The topological polar surface area (TPSA) is 81.7 Å². The van der Waals surface area contributed by atoms with Gasteiger partial charge in [-0.2, -0.15) is 0 Å². The molecule has 0 aromatic heterocycles. The second-order valence-corrected chi connectivity index (χ2v) is 6.74. The predicted molar refractivity (Wildman–Crippen MR) is 97.8 cm³/mol. The Hall–Kier alpha value is -2.08. The van der Waals surface area contributed by atoms with Gasteiger partial charge in [-0.25, -0.2) is 9.59 Å². The van der Waals surface area contributed by atoms with Gasteiger partial charge in [0.25, 0.3) is 0 Å². The highest BCUT2D eigenvalue weighted by atomic mass is 16.4. The normalized spacial score (nSPS) is 15.1. The molecule has 138 valence electrons. The number of hydrogen-bond acceptors (Lipinski definition) is 3. The van der Waals surface area contributed by atoms with Crippen LogP contribution in [0.25, 0.3) is 0 Å². The summed E-state index contributed by atoms with van der Waals surface area (Å²) in [5.74, 6) is -0.949. The van der Waals surface area contributed by atoms with Crippen molar-refractivity contribution < 1.29 is 14.7 Å². The van der Waals surface area contributed by atoms with E-state index in [0.717, 1.165) is 18.5 Å². The van der Waals surface area contributed by atoms with E-state index >= 15 is 0 Å². The summed E-state index contributed by atoms with van der Waals surface area (Å²) in [6.45, 7) is 2.04. The van der Waals surface area contributed by atoms with Gasteiger partial charge in [-0.05, 0) is 50.6 Å². The fourth-order valence-electron chi connectivity index (χ4n) is 3.24. The van der Waals surface area contributed by atoms with Crippen molar-refractivity contribution in [3.05, 3.63) is 35.4 Å². The fourth-order valence-corrected chi connectivity index (χ4v) is 3.24. The Kier molecular flexibility index (Phi) is 7.73. The highest BCUT2D eigenvalue weighted by Crippen LogP contribution is 2.21. The number of benzene rings is 1. The molecule has 0 atom stereocenters. The number of nitrogens with one attached hydrogen (secondary N) is 2. The summed E-state index contributed by atoms with van der Waals surface area (Å²) in [5, 5.41) is 14.5. The van der Waals surface area contributed by atoms with Crippen LogP contribution in [-0.4, -0.2) is 48.2 Å². The average Bonchev–Trinajstić information content (AvgIpc) is 2.64. The van der Waals surface area contributed by atoms with Crippen LogP contribution in [0.5, 0.6) is 0 Å². The number of rotatable bonds is 8. The zero-order valence-corrected chi connectivity index (χ0v) is 15.0. The van der Waals surface area contributed by atoms with Crippen molar-refractivity contribution in [1.29, 1.82) is 0 Å². The lowest BCUT2D eigenvalue weighted by Crippen LogP contribution is -2.38. The minimum absolute atomic E-state index is 0.192. The Balaban J connectivity index is 1.58. The van der Waals surface area contributed by atoms with Crippen molar-refractivity contribution in [2.24, 2.45) is 0 Å². The number of aromatic carboxylic acids is 1.